The quantitative estimate of drug-likeness (QED) is 0.581. The summed E-state index contributed by atoms with van der Waals surface area (Å²) < 4.78 is 1.93. The van der Waals surface area contributed by atoms with Gasteiger partial charge in [-0.1, -0.05) is 29.8 Å². The third kappa shape index (κ3) is 3.78. The number of thiazole rings is 2. The molecule has 25 heavy (non-hydrogen) atoms. The van der Waals surface area contributed by atoms with Crippen LogP contribution < -0.4 is 5.32 Å². The molecule has 1 aromatic carbocycles. The summed E-state index contributed by atoms with van der Waals surface area (Å²) in [5, 5.41) is 5.47. The lowest BCUT2D eigenvalue weighted by Gasteiger charge is -2.00. The van der Waals surface area contributed by atoms with Crippen molar-refractivity contribution in [2.45, 2.75) is 19.8 Å². The van der Waals surface area contributed by atoms with Crippen LogP contribution in [-0.4, -0.2) is 20.3 Å². The van der Waals surface area contributed by atoms with Gasteiger partial charge in [-0.2, -0.15) is 0 Å². The standard InChI is InChI=1S/C18H16N4OS2/c1-12-3-2-4-13(7-12)8-15-10-19-17(25-15)21-16(23)9-14-11-22-5-6-24-18(22)20-14/h2-7,10-11H,8-9H2,1H3,(H,19,21,23). The highest BCUT2D eigenvalue weighted by atomic mass is 32.1. The van der Waals surface area contributed by atoms with Gasteiger partial charge in [0.1, 0.15) is 0 Å². The van der Waals surface area contributed by atoms with E-state index in [-0.39, 0.29) is 12.3 Å². The maximum absolute atomic E-state index is 12.2. The Bertz CT molecular complexity index is 1000. The normalized spacial score (nSPS) is 11.1. The summed E-state index contributed by atoms with van der Waals surface area (Å²) in [5.74, 6) is -0.0952. The topological polar surface area (TPSA) is 59.3 Å². The third-order valence-corrected chi connectivity index (χ3v) is 5.43. The molecule has 7 heteroatoms. The predicted molar refractivity (Wildman–Crippen MR) is 102 cm³/mol. The van der Waals surface area contributed by atoms with E-state index in [4.69, 9.17) is 0 Å². The van der Waals surface area contributed by atoms with E-state index < -0.39 is 0 Å². The number of amides is 1. The fourth-order valence-electron chi connectivity index (χ4n) is 2.66. The number of nitrogens with one attached hydrogen (secondary N) is 1. The molecule has 4 aromatic rings. The number of imidazole rings is 1. The van der Waals surface area contributed by atoms with Gasteiger partial charge < -0.3 is 5.32 Å². The number of carbonyl (C=O) groups excluding carboxylic acids is 1. The van der Waals surface area contributed by atoms with Crippen LogP contribution in [0.2, 0.25) is 0 Å². The smallest absolute Gasteiger partial charge is 0.232 e. The molecule has 0 saturated carbocycles. The largest absolute Gasteiger partial charge is 0.302 e. The van der Waals surface area contributed by atoms with Crippen molar-refractivity contribution in [2.75, 3.05) is 5.32 Å². The molecule has 126 valence electrons. The number of benzene rings is 1. The van der Waals surface area contributed by atoms with Crippen LogP contribution in [0.3, 0.4) is 0 Å². The third-order valence-electron chi connectivity index (χ3n) is 3.75. The molecule has 0 aliphatic heterocycles. The first-order chi connectivity index (χ1) is 12.2. The maximum Gasteiger partial charge on any atom is 0.232 e. The molecule has 0 saturated heterocycles. The minimum absolute atomic E-state index is 0.0952. The minimum atomic E-state index is -0.0952. The van der Waals surface area contributed by atoms with E-state index in [1.165, 1.54) is 22.5 Å². The van der Waals surface area contributed by atoms with E-state index in [9.17, 15) is 4.79 Å². The molecule has 0 atom stereocenters. The Kier molecular flexibility index (Phi) is 4.33. The van der Waals surface area contributed by atoms with Crippen LogP contribution in [0, 0.1) is 6.92 Å². The van der Waals surface area contributed by atoms with E-state index >= 15 is 0 Å². The summed E-state index contributed by atoms with van der Waals surface area (Å²) >= 11 is 3.07. The summed E-state index contributed by atoms with van der Waals surface area (Å²) in [6.07, 6.45) is 6.73. The molecule has 3 aromatic heterocycles. The van der Waals surface area contributed by atoms with Crippen LogP contribution in [0.5, 0.6) is 0 Å². The minimum Gasteiger partial charge on any atom is -0.302 e. The fraction of sp³-hybridized carbons (Fsp3) is 0.167. The molecular formula is C18H16N4OS2. The van der Waals surface area contributed by atoms with Crippen molar-refractivity contribution in [1.82, 2.24) is 14.4 Å². The van der Waals surface area contributed by atoms with Crippen molar-refractivity contribution < 1.29 is 4.79 Å². The highest BCUT2D eigenvalue weighted by molar-refractivity contribution is 7.15. The van der Waals surface area contributed by atoms with Gasteiger partial charge in [-0.3, -0.25) is 9.20 Å². The van der Waals surface area contributed by atoms with E-state index in [1.807, 2.05) is 28.4 Å². The van der Waals surface area contributed by atoms with Gasteiger partial charge in [0.2, 0.25) is 5.91 Å². The molecule has 0 fully saturated rings. The second-order valence-corrected chi connectivity index (χ2v) is 7.84. The first kappa shape index (κ1) is 16.0. The second-order valence-electron chi connectivity index (χ2n) is 5.85. The van der Waals surface area contributed by atoms with Gasteiger partial charge >= 0.3 is 0 Å². The molecule has 0 aliphatic rings. The predicted octanol–water partition coefficient (Wildman–Crippen LogP) is 3.93. The Morgan fingerprint density at radius 3 is 3.12 bits per heavy atom. The number of carbonyl (C=O) groups is 1. The van der Waals surface area contributed by atoms with Crippen LogP contribution >= 0.6 is 22.7 Å². The van der Waals surface area contributed by atoms with Crippen molar-refractivity contribution in [2.24, 2.45) is 0 Å². The highest BCUT2D eigenvalue weighted by Gasteiger charge is 2.11. The summed E-state index contributed by atoms with van der Waals surface area (Å²) in [7, 11) is 0. The lowest BCUT2D eigenvalue weighted by atomic mass is 10.1. The molecule has 1 N–H and O–H groups in total. The van der Waals surface area contributed by atoms with Crippen LogP contribution in [0.15, 0.2) is 48.2 Å². The first-order valence-corrected chi connectivity index (χ1v) is 9.56. The van der Waals surface area contributed by atoms with Gasteiger partial charge in [0.05, 0.1) is 12.1 Å². The summed E-state index contributed by atoms with van der Waals surface area (Å²) in [6.45, 7) is 2.09. The monoisotopic (exact) mass is 368 g/mol. The number of aryl methyl sites for hydroxylation is 1. The number of hydrogen-bond donors (Lipinski definition) is 1. The molecule has 1 amide bonds. The molecule has 0 bridgehead atoms. The Labute approximate surface area is 153 Å². The van der Waals surface area contributed by atoms with E-state index in [1.54, 1.807) is 11.3 Å². The van der Waals surface area contributed by atoms with Crippen molar-refractivity contribution in [3.05, 3.63) is 69.9 Å². The maximum atomic E-state index is 12.2. The average Bonchev–Trinajstić information content (AvgIpc) is 3.24. The second kappa shape index (κ2) is 6.78. The van der Waals surface area contributed by atoms with E-state index in [2.05, 4.69) is 46.5 Å². The molecule has 0 aliphatic carbocycles. The van der Waals surface area contributed by atoms with Gasteiger partial charge in [-0.25, -0.2) is 9.97 Å². The Hall–Kier alpha value is -2.51. The summed E-state index contributed by atoms with van der Waals surface area (Å²) in [4.78, 5) is 23.0. The number of fused-ring (bicyclic) bond motifs is 1. The molecule has 0 radical (unpaired) electrons. The number of nitrogens with zero attached hydrogens (tertiary/aromatic N) is 3. The number of rotatable bonds is 5. The molecule has 5 nitrogen and oxygen atoms in total. The lowest BCUT2D eigenvalue weighted by molar-refractivity contribution is -0.115. The van der Waals surface area contributed by atoms with Gasteiger partial charge in [0, 0.05) is 35.3 Å². The molecule has 0 spiro atoms. The zero-order valence-electron chi connectivity index (χ0n) is 13.6. The Balaban J connectivity index is 1.38. The van der Waals surface area contributed by atoms with Gasteiger partial charge in [-0.05, 0) is 12.5 Å². The zero-order valence-corrected chi connectivity index (χ0v) is 15.2. The van der Waals surface area contributed by atoms with Crippen molar-refractivity contribution in [3.63, 3.8) is 0 Å². The SMILES string of the molecule is Cc1cccc(Cc2cnc(NC(=O)Cc3cn4ccsc4n3)s2)c1. The Morgan fingerprint density at radius 1 is 1.36 bits per heavy atom. The summed E-state index contributed by atoms with van der Waals surface area (Å²) in [6, 6.07) is 8.42. The molecule has 0 unspecified atom stereocenters. The van der Waals surface area contributed by atoms with E-state index in [0.717, 1.165) is 22.0 Å². The fourth-order valence-corrected chi connectivity index (χ4v) is 4.24. The number of anilines is 1. The number of aromatic nitrogens is 3. The van der Waals surface area contributed by atoms with Gasteiger partial charge in [0.15, 0.2) is 10.1 Å². The first-order valence-electron chi connectivity index (χ1n) is 7.87. The van der Waals surface area contributed by atoms with Crippen molar-refractivity contribution >= 4 is 38.7 Å². The molecular weight excluding hydrogens is 352 g/mol. The van der Waals surface area contributed by atoms with Crippen molar-refractivity contribution in [1.29, 1.82) is 0 Å². The van der Waals surface area contributed by atoms with Gasteiger partial charge in [-0.15, -0.1) is 22.7 Å². The van der Waals surface area contributed by atoms with Crippen LogP contribution in [-0.2, 0) is 17.6 Å². The van der Waals surface area contributed by atoms with Crippen LogP contribution in [0.1, 0.15) is 21.7 Å². The highest BCUT2D eigenvalue weighted by Crippen LogP contribution is 2.22. The average molecular weight is 368 g/mol. The van der Waals surface area contributed by atoms with Crippen LogP contribution in [0.4, 0.5) is 5.13 Å². The molecule has 3 heterocycles. The number of hydrogen-bond acceptors (Lipinski definition) is 5. The van der Waals surface area contributed by atoms with Gasteiger partial charge in [0.25, 0.3) is 0 Å². The lowest BCUT2D eigenvalue weighted by Crippen LogP contribution is -2.14. The molecule has 4 rings (SSSR count). The Morgan fingerprint density at radius 2 is 2.28 bits per heavy atom. The summed E-state index contributed by atoms with van der Waals surface area (Å²) in [5.41, 5.74) is 3.26. The van der Waals surface area contributed by atoms with Crippen LogP contribution in [0.25, 0.3) is 4.96 Å². The van der Waals surface area contributed by atoms with E-state index in [0.29, 0.717) is 5.13 Å². The van der Waals surface area contributed by atoms with Crippen molar-refractivity contribution in [3.8, 4) is 0 Å². The zero-order chi connectivity index (χ0) is 17.2.